The van der Waals surface area contributed by atoms with Crippen molar-refractivity contribution >= 4 is 22.8 Å². The second-order valence-corrected chi connectivity index (χ2v) is 9.03. The Morgan fingerprint density at radius 2 is 0.639 bits per heavy atom. The number of benzene rings is 5. The Kier molecular flexibility index (Phi) is 4.82. The van der Waals surface area contributed by atoms with E-state index in [1.807, 2.05) is 24.3 Å². The molecule has 0 saturated heterocycles. The van der Waals surface area contributed by atoms with Crippen LogP contribution in [0.3, 0.4) is 0 Å². The quantitative estimate of drug-likeness (QED) is 0.330. The third kappa shape index (κ3) is 3.35. The first-order valence-electron chi connectivity index (χ1n) is 12.2. The molecule has 0 fully saturated rings. The Balaban J connectivity index is 1.56. The first-order chi connectivity index (χ1) is 17.9. The van der Waals surface area contributed by atoms with Crippen molar-refractivity contribution in [3.63, 3.8) is 0 Å². The van der Waals surface area contributed by atoms with Gasteiger partial charge in [0.15, 0.2) is 0 Å². The molecule has 5 aromatic rings. The summed E-state index contributed by atoms with van der Waals surface area (Å²) in [5.41, 5.74) is 10.8. The topological polar surface area (TPSA) is 24.7 Å². The van der Waals surface area contributed by atoms with Crippen LogP contribution in [0, 0.1) is 0 Å². The van der Waals surface area contributed by atoms with Crippen molar-refractivity contribution in [3.8, 4) is 0 Å². The molecule has 0 aromatic heterocycles. The van der Waals surface area contributed by atoms with Gasteiger partial charge in [-0.3, -0.25) is 0 Å². The fourth-order valence-corrected chi connectivity index (χ4v) is 5.11. The maximum atomic E-state index is 5.22. The molecule has 7 rings (SSSR count). The molecule has 5 aromatic carbocycles. The van der Waals surface area contributed by atoms with Crippen molar-refractivity contribution in [1.29, 1.82) is 0 Å². The van der Waals surface area contributed by atoms with E-state index in [9.17, 15) is 0 Å². The SMILES string of the molecule is c1ccc(C2=NC(c3ccccc3)=c3cc4c(cc32)=C(c2ccccc2)N=C4c2ccccc2)cc1. The summed E-state index contributed by atoms with van der Waals surface area (Å²) in [6.45, 7) is 0. The minimum absolute atomic E-state index is 1.01. The molecule has 0 atom stereocenters. The lowest BCUT2D eigenvalue weighted by molar-refractivity contribution is 1.44. The molecule has 168 valence electrons. The molecule has 2 heterocycles. The summed E-state index contributed by atoms with van der Waals surface area (Å²) >= 11 is 0. The number of fused-ring (bicyclic) bond motifs is 2. The van der Waals surface area contributed by atoms with E-state index >= 15 is 0 Å². The first-order valence-corrected chi connectivity index (χ1v) is 12.2. The summed E-state index contributed by atoms with van der Waals surface area (Å²) in [6.07, 6.45) is 0. The summed E-state index contributed by atoms with van der Waals surface area (Å²) in [7, 11) is 0. The molecule has 0 aliphatic carbocycles. The average Bonchev–Trinajstić information content (AvgIpc) is 3.52. The zero-order valence-electron chi connectivity index (χ0n) is 19.6. The van der Waals surface area contributed by atoms with Crippen LogP contribution in [-0.4, -0.2) is 11.4 Å². The highest BCUT2D eigenvalue weighted by atomic mass is 14.8. The molecule has 0 saturated carbocycles. The van der Waals surface area contributed by atoms with Crippen molar-refractivity contribution in [2.24, 2.45) is 9.98 Å². The second kappa shape index (κ2) is 8.44. The summed E-state index contributed by atoms with van der Waals surface area (Å²) in [5, 5.41) is 2.30. The van der Waals surface area contributed by atoms with Crippen LogP contribution < -0.4 is 10.4 Å². The van der Waals surface area contributed by atoms with Crippen LogP contribution in [0.1, 0.15) is 33.4 Å². The van der Waals surface area contributed by atoms with Crippen molar-refractivity contribution in [1.82, 2.24) is 0 Å². The highest BCUT2D eigenvalue weighted by Crippen LogP contribution is 2.26. The predicted octanol–water partition coefficient (Wildman–Crippen LogP) is 5.70. The largest absolute Gasteiger partial charge is 0.246 e. The molecule has 0 amide bonds. The highest BCUT2D eigenvalue weighted by Gasteiger charge is 2.25. The van der Waals surface area contributed by atoms with Crippen LogP contribution in [0.25, 0.3) is 11.4 Å². The highest BCUT2D eigenvalue weighted by molar-refractivity contribution is 6.21. The Bertz CT molecular complexity index is 1650. The normalized spacial score (nSPS) is 13.8. The van der Waals surface area contributed by atoms with Gasteiger partial charge < -0.3 is 0 Å². The minimum Gasteiger partial charge on any atom is -0.246 e. The number of rotatable bonds is 4. The molecule has 0 radical (unpaired) electrons. The third-order valence-corrected chi connectivity index (χ3v) is 6.81. The van der Waals surface area contributed by atoms with Gasteiger partial charge in [-0.05, 0) is 12.1 Å². The Morgan fingerprint density at radius 1 is 0.333 bits per heavy atom. The molecule has 2 aliphatic rings. The van der Waals surface area contributed by atoms with Crippen LogP contribution in [-0.2, 0) is 0 Å². The van der Waals surface area contributed by atoms with Gasteiger partial charge in [0.25, 0.3) is 0 Å². The third-order valence-electron chi connectivity index (χ3n) is 6.81. The molecule has 2 nitrogen and oxygen atoms in total. The van der Waals surface area contributed by atoms with E-state index < -0.39 is 0 Å². The van der Waals surface area contributed by atoms with Crippen LogP contribution in [0.5, 0.6) is 0 Å². The van der Waals surface area contributed by atoms with Gasteiger partial charge in [-0.15, -0.1) is 0 Å². The van der Waals surface area contributed by atoms with E-state index in [0.717, 1.165) is 66.6 Å². The molecule has 0 unspecified atom stereocenters. The maximum Gasteiger partial charge on any atom is 0.0789 e. The smallest absolute Gasteiger partial charge is 0.0789 e. The van der Waals surface area contributed by atoms with Gasteiger partial charge in [-0.25, -0.2) is 9.98 Å². The number of hydrogen-bond acceptors (Lipinski definition) is 2. The van der Waals surface area contributed by atoms with Crippen LogP contribution >= 0.6 is 0 Å². The van der Waals surface area contributed by atoms with Gasteiger partial charge in [-0.2, -0.15) is 0 Å². The van der Waals surface area contributed by atoms with Gasteiger partial charge in [-0.1, -0.05) is 121 Å². The number of aliphatic imine (C=N–C) groups is 2. The maximum absolute atomic E-state index is 5.22. The van der Waals surface area contributed by atoms with Crippen molar-refractivity contribution < 1.29 is 0 Å². The van der Waals surface area contributed by atoms with Crippen molar-refractivity contribution in [3.05, 3.63) is 177 Å². The van der Waals surface area contributed by atoms with Gasteiger partial charge >= 0.3 is 0 Å². The van der Waals surface area contributed by atoms with Crippen LogP contribution in [0.4, 0.5) is 0 Å². The standard InChI is InChI=1S/C34H22N2/c1-5-13-23(14-6-1)31-27-21-29-30(22-28(27)32(35-31)24-15-7-2-8-16-24)34(26-19-11-4-12-20-26)36-33(29)25-17-9-3-10-18-25/h1-22H. The molecular weight excluding hydrogens is 436 g/mol. The van der Waals surface area contributed by atoms with Crippen molar-refractivity contribution in [2.45, 2.75) is 0 Å². The lowest BCUT2D eigenvalue weighted by Gasteiger charge is -2.06. The zero-order valence-corrected chi connectivity index (χ0v) is 19.6. The molecule has 0 bridgehead atoms. The molecular formula is C34H22N2. The lowest BCUT2D eigenvalue weighted by Crippen LogP contribution is -2.23. The van der Waals surface area contributed by atoms with Gasteiger partial charge in [0, 0.05) is 43.8 Å². The first kappa shape index (κ1) is 20.5. The summed E-state index contributed by atoms with van der Waals surface area (Å²) in [5.74, 6) is 0. The van der Waals surface area contributed by atoms with Gasteiger partial charge in [0.05, 0.1) is 22.8 Å². The lowest BCUT2D eigenvalue weighted by atomic mass is 9.94. The molecule has 36 heavy (non-hydrogen) atoms. The van der Waals surface area contributed by atoms with E-state index in [1.54, 1.807) is 0 Å². The van der Waals surface area contributed by atoms with E-state index in [-0.39, 0.29) is 0 Å². The summed E-state index contributed by atoms with van der Waals surface area (Å²) in [6, 6.07) is 46.5. The number of nitrogens with zero attached hydrogens (tertiary/aromatic N) is 2. The fraction of sp³-hybridized carbons (Fsp3) is 0. The van der Waals surface area contributed by atoms with Gasteiger partial charge in [0.1, 0.15) is 0 Å². The second-order valence-electron chi connectivity index (χ2n) is 9.03. The summed E-state index contributed by atoms with van der Waals surface area (Å²) in [4.78, 5) is 10.4. The van der Waals surface area contributed by atoms with Gasteiger partial charge in [0.2, 0.25) is 0 Å². The zero-order chi connectivity index (χ0) is 23.9. The van der Waals surface area contributed by atoms with E-state index in [0.29, 0.717) is 0 Å². The predicted molar refractivity (Wildman–Crippen MR) is 148 cm³/mol. The Morgan fingerprint density at radius 3 is 0.972 bits per heavy atom. The van der Waals surface area contributed by atoms with E-state index in [4.69, 9.17) is 9.98 Å². The minimum atomic E-state index is 1.01. The van der Waals surface area contributed by atoms with Crippen LogP contribution in [0.15, 0.2) is 143 Å². The summed E-state index contributed by atoms with van der Waals surface area (Å²) < 4.78 is 0. The number of hydrogen-bond donors (Lipinski definition) is 0. The fourth-order valence-electron chi connectivity index (χ4n) is 5.11. The Hall–Kier alpha value is -4.82. The molecule has 2 heteroatoms. The van der Waals surface area contributed by atoms with Crippen LogP contribution in [0.2, 0.25) is 0 Å². The Labute approximate surface area is 210 Å². The van der Waals surface area contributed by atoms with E-state index in [2.05, 4.69) is 109 Å². The van der Waals surface area contributed by atoms with E-state index in [1.165, 1.54) is 0 Å². The van der Waals surface area contributed by atoms with Crippen molar-refractivity contribution in [2.75, 3.05) is 0 Å². The average molecular weight is 459 g/mol. The monoisotopic (exact) mass is 458 g/mol. The molecule has 0 N–H and O–H groups in total. The molecule has 2 aliphatic heterocycles. The molecule has 0 spiro atoms.